The van der Waals surface area contributed by atoms with E-state index in [2.05, 4.69) is 49.4 Å². The zero-order valence-corrected chi connectivity index (χ0v) is 14.4. The van der Waals surface area contributed by atoms with Crippen molar-refractivity contribution >= 4 is 0 Å². The van der Waals surface area contributed by atoms with Crippen molar-refractivity contribution in [3.63, 3.8) is 0 Å². The molecule has 0 radical (unpaired) electrons. The second-order valence-electron chi connectivity index (χ2n) is 6.59. The average molecular weight is 292 g/mol. The highest BCUT2D eigenvalue weighted by Gasteiger charge is 2.31. The van der Waals surface area contributed by atoms with E-state index in [-0.39, 0.29) is 0 Å². The predicted octanol–water partition coefficient (Wildman–Crippen LogP) is 3.03. The zero-order chi connectivity index (χ0) is 15.6. The standard InChI is InChI=1S/C17H32N4/c1-6-21-14(4)17(12(2)19-21)13(3)20(5)16-10-8-7-9-15(16)11-18/h13,15-16H,6-11,18H2,1-5H3. The number of aryl methyl sites for hydroxylation is 2. The van der Waals surface area contributed by atoms with Gasteiger partial charge in [-0.3, -0.25) is 9.58 Å². The molecule has 2 N–H and O–H groups in total. The first kappa shape index (κ1) is 16.5. The Morgan fingerprint density at radius 2 is 2.00 bits per heavy atom. The van der Waals surface area contributed by atoms with Gasteiger partial charge in [-0.15, -0.1) is 0 Å². The molecule has 0 aliphatic heterocycles. The summed E-state index contributed by atoms with van der Waals surface area (Å²) < 4.78 is 2.12. The van der Waals surface area contributed by atoms with Crippen molar-refractivity contribution in [2.24, 2.45) is 11.7 Å². The first-order chi connectivity index (χ1) is 10.0. The fourth-order valence-corrected chi connectivity index (χ4v) is 4.11. The summed E-state index contributed by atoms with van der Waals surface area (Å²) in [4.78, 5) is 2.55. The molecule has 0 amide bonds. The molecule has 0 aromatic carbocycles. The van der Waals surface area contributed by atoms with Crippen LogP contribution in [0.1, 0.15) is 62.5 Å². The molecule has 21 heavy (non-hydrogen) atoms. The third-order valence-electron chi connectivity index (χ3n) is 5.46. The first-order valence-corrected chi connectivity index (χ1v) is 8.47. The van der Waals surface area contributed by atoms with Gasteiger partial charge in [0.05, 0.1) is 5.69 Å². The van der Waals surface area contributed by atoms with Gasteiger partial charge in [0.25, 0.3) is 0 Å². The van der Waals surface area contributed by atoms with E-state index < -0.39 is 0 Å². The quantitative estimate of drug-likeness (QED) is 0.907. The van der Waals surface area contributed by atoms with Gasteiger partial charge in [0.15, 0.2) is 0 Å². The van der Waals surface area contributed by atoms with E-state index in [4.69, 9.17) is 5.73 Å². The van der Waals surface area contributed by atoms with Crippen LogP contribution in [0.3, 0.4) is 0 Å². The van der Waals surface area contributed by atoms with E-state index in [1.54, 1.807) is 0 Å². The number of hydrogen-bond donors (Lipinski definition) is 1. The smallest absolute Gasteiger partial charge is 0.0644 e. The summed E-state index contributed by atoms with van der Waals surface area (Å²) in [5.41, 5.74) is 9.91. The van der Waals surface area contributed by atoms with E-state index in [0.717, 1.165) is 13.1 Å². The lowest BCUT2D eigenvalue weighted by Crippen LogP contribution is -2.44. The molecular formula is C17H32N4. The van der Waals surface area contributed by atoms with Crippen molar-refractivity contribution in [1.82, 2.24) is 14.7 Å². The predicted molar refractivity (Wildman–Crippen MR) is 88.4 cm³/mol. The highest BCUT2D eigenvalue weighted by Crippen LogP contribution is 2.34. The molecule has 4 nitrogen and oxygen atoms in total. The van der Waals surface area contributed by atoms with Crippen molar-refractivity contribution < 1.29 is 0 Å². The molecule has 1 saturated carbocycles. The van der Waals surface area contributed by atoms with Gasteiger partial charge in [-0.2, -0.15) is 5.10 Å². The van der Waals surface area contributed by atoms with E-state index in [1.165, 1.54) is 42.6 Å². The van der Waals surface area contributed by atoms with Crippen molar-refractivity contribution in [3.8, 4) is 0 Å². The summed E-state index contributed by atoms with van der Waals surface area (Å²) in [6, 6.07) is 1.02. The molecule has 3 unspecified atom stereocenters. The Labute approximate surface area is 129 Å². The number of rotatable bonds is 5. The van der Waals surface area contributed by atoms with Crippen LogP contribution in [-0.4, -0.2) is 34.3 Å². The molecule has 3 atom stereocenters. The van der Waals surface area contributed by atoms with E-state index in [9.17, 15) is 0 Å². The van der Waals surface area contributed by atoms with Gasteiger partial charge in [-0.25, -0.2) is 0 Å². The van der Waals surface area contributed by atoms with Crippen LogP contribution in [-0.2, 0) is 6.54 Å². The Bertz CT molecular complexity index is 466. The molecule has 1 aromatic rings. The maximum Gasteiger partial charge on any atom is 0.0644 e. The normalized spacial score (nSPS) is 24.5. The van der Waals surface area contributed by atoms with Crippen molar-refractivity contribution in [1.29, 1.82) is 0 Å². The maximum atomic E-state index is 6.01. The van der Waals surface area contributed by atoms with Crippen molar-refractivity contribution in [2.45, 2.75) is 72.0 Å². The molecule has 1 fully saturated rings. The lowest BCUT2D eigenvalue weighted by molar-refractivity contribution is 0.0984. The summed E-state index contributed by atoms with van der Waals surface area (Å²) in [5.74, 6) is 0.646. The second-order valence-corrected chi connectivity index (χ2v) is 6.59. The number of aromatic nitrogens is 2. The summed E-state index contributed by atoms with van der Waals surface area (Å²) in [6.45, 7) is 10.6. The van der Waals surface area contributed by atoms with Crippen LogP contribution in [0, 0.1) is 19.8 Å². The lowest BCUT2D eigenvalue weighted by atomic mass is 9.83. The molecule has 4 heteroatoms. The molecule has 1 heterocycles. The SMILES string of the molecule is CCn1nc(C)c(C(C)N(C)C2CCCCC2CN)c1C. The molecule has 0 spiro atoms. The topological polar surface area (TPSA) is 47.1 Å². The Balaban J connectivity index is 2.22. The lowest BCUT2D eigenvalue weighted by Gasteiger charge is -2.40. The second kappa shape index (κ2) is 6.93. The van der Waals surface area contributed by atoms with Gasteiger partial charge < -0.3 is 5.73 Å². The summed E-state index contributed by atoms with van der Waals surface area (Å²) in [6.07, 6.45) is 5.24. The van der Waals surface area contributed by atoms with Crippen LogP contribution in [0.4, 0.5) is 0 Å². The molecule has 1 aromatic heterocycles. The molecule has 0 bridgehead atoms. The molecular weight excluding hydrogens is 260 g/mol. The molecule has 120 valence electrons. The highest BCUT2D eigenvalue weighted by molar-refractivity contribution is 5.28. The fraction of sp³-hybridized carbons (Fsp3) is 0.824. The van der Waals surface area contributed by atoms with Crippen molar-refractivity contribution in [2.75, 3.05) is 13.6 Å². The Morgan fingerprint density at radius 1 is 1.33 bits per heavy atom. The minimum atomic E-state index is 0.405. The molecule has 1 aliphatic rings. The van der Waals surface area contributed by atoms with E-state index in [1.807, 2.05) is 0 Å². The van der Waals surface area contributed by atoms with Gasteiger partial charge >= 0.3 is 0 Å². The van der Waals surface area contributed by atoms with Crippen molar-refractivity contribution in [3.05, 3.63) is 17.0 Å². The van der Waals surface area contributed by atoms with E-state index in [0.29, 0.717) is 18.0 Å². The first-order valence-electron chi connectivity index (χ1n) is 8.47. The summed E-state index contributed by atoms with van der Waals surface area (Å²) in [5, 5.41) is 4.68. The van der Waals surface area contributed by atoms with Gasteiger partial charge in [-0.05, 0) is 60.0 Å². The zero-order valence-electron chi connectivity index (χ0n) is 14.4. The minimum Gasteiger partial charge on any atom is -0.330 e. The van der Waals surface area contributed by atoms with Crippen LogP contribution in [0.15, 0.2) is 0 Å². The van der Waals surface area contributed by atoms with E-state index >= 15 is 0 Å². The molecule has 1 aliphatic carbocycles. The molecule has 0 saturated heterocycles. The van der Waals surface area contributed by atoms with Crippen LogP contribution in [0.5, 0.6) is 0 Å². The Kier molecular flexibility index (Phi) is 5.44. The average Bonchev–Trinajstić information content (AvgIpc) is 2.79. The van der Waals surface area contributed by atoms with Gasteiger partial charge in [0, 0.05) is 29.9 Å². The third-order valence-corrected chi connectivity index (χ3v) is 5.46. The summed E-state index contributed by atoms with van der Waals surface area (Å²) >= 11 is 0. The van der Waals surface area contributed by atoms with Crippen LogP contribution in [0.2, 0.25) is 0 Å². The fourth-order valence-electron chi connectivity index (χ4n) is 4.11. The van der Waals surface area contributed by atoms with Crippen LogP contribution in [0.25, 0.3) is 0 Å². The van der Waals surface area contributed by atoms with Gasteiger partial charge in [0.1, 0.15) is 0 Å². The number of nitrogens with zero attached hydrogens (tertiary/aromatic N) is 3. The number of hydrogen-bond acceptors (Lipinski definition) is 3. The number of nitrogens with two attached hydrogens (primary N) is 1. The van der Waals surface area contributed by atoms with Gasteiger partial charge in [-0.1, -0.05) is 12.8 Å². The van der Waals surface area contributed by atoms with Gasteiger partial charge in [0.2, 0.25) is 0 Å². The largest absolute Gasteiger partial charge is 0.330 e. The maximum absolute atomic E-state index is 6.01. The monoisotopic (exact) mass is 292 g/mol. The Morgan fingerprint density at radius 3 is 2.57 bits per heavy atom. The molecule has 2 rings (SSSR count). The van der Waals surface area contributed by atoms with Crippen LogP contribution >= 0.6 is 0 Å². The summed E-state index contributed by atoms with van der Waals surface area (Å²) in [7, 11) is 2.27. The third kappa shape index (κ3) is 3.16. The highest BCUT2D eigenvalue weighted by atomic mass is 15.3. The Hall–Kier alpha value is -0.870. The van der Waals surface area contributed by atoms with Crippen LogP contribution < -0.4 is 5.73 Å². The minimum absolute atomic E-state index is 0.405.